The second-order valence-corrected chi connectivity index (χ2v) is 4.59. The van der Waals surface area contributed by atoms with Gasteiger partial charge in [0.2, 0.25) is 0 Å². The third kappa shape index (κ3) is 5.14. The molecule has 1 unspecified atom stereocenters. The standard InChI is InChI=1S/C16H21NO/c1-2-16(18)15(13-17)12-8-4-7-11-14-9-5-3-6-10-14/h3,5-6,9-10,15H,2,4,7-8,11-12H2,1H3. The Kier molecular flexibility index (Phi) is 6.79. The third-order valence-electron chi connectivity index (χ3n) is 3.19. The summed E-state index contributed by atoms with van der Waals surface area (Å²) in [5.74, 6) is -0.299. The van der Waals surface area contributed by atoms with Crippen LogP contribution in [-0.4, -0.2) is 5.78 Å². The van der Waals surface area contributed by atoms with Gasteiger partial charge in [0.15, 0.2) is 0 Å². The zero-order chi connectivity index (χ0) is 13.2. The Balaban J connectivity index is 2.15. The second kappa shape index (κ2) is 8.47. The smallest absolute Gasteiger partial charge is 0.149 e. The lowest BCUT2D eigenvalue weighted by Gasteiger charge is -2.06. The van der Waals surface area contributed by atoms with Crippen molar-refractivity contribution in [2.24, 2.45) is 5.92 Å². The first-order chi connectivity index (χ1) is 8.77. The first kappa shape index (κ1) is 14.4. The number of carbonyl (C=O) groups excluding carboxylic acids is 1. The van der Waals surface area contributed by atoms with Crippen molar-refractivity contribution in [1.82, 2.24) is 0 Å². The Morgan fingerprint density at radius 1 is 1.22 bits per heavy atom. The van der Waals surface area contributed by atoms with Crippen LogP contribution in [0.4, 0.5) is 0 Å². The molecule has 2 nitrogen and oxygen atoms in total. The summed E-state index contributed by atoms with van der Waals surface area (Å²) < 4.78 is 0. The number of carbonyl (C=O) groups is 1. The van der Waals surface area contributed by atoms with Crippen LogP contribution in [0.5, 0.6) is 0 Å². The van der Waals surface area contributed by atoms with E-state index in [-0.39, 0.29) is 11.7 Å². The minimum absolute atomic E-state index is 0.0839. The zero-order valence-electron chi connectivity index (χ0n) is 11.1. The first-order valence-corrected chi connectivity index (χ1v) is 6.74. The monoisotopic (exact) mass is 243 g/mol. The Morgan fingerprint density at radius 3 is 2.56 bits per heavy atom. The van der Waals surface area contributed by atoms with Crippen LogP contribution in [0.2, 0.25) is 0 Å². The fourth-order valence-corrected chi connectivity index (χ4v) is 2.04. The second-order valence-electron chi connectivity index (χ2n) is 4.59. The van der Waals surface area contributed by atoms with Crippen LogP contribution in [0.15, 0.2) is 30.3 Å². The molecule has 0 amide bonds. The number of nitriles is 1. The molecule has 0 heterocycles. The maximum atomic E-state index is 11.4. The summed E-state index contributed by atoms with van der Waals surface area (Å²) >= 11 is 0. The lowest BCUT2D eigenvalue weighted by Crippen LogP contribution is -2.11. The average Bonchev–Trinajstić information content (AvgIpc) is 2.43. The van der Waals surface area contributed by atoms with Gasteiger partial charge in [-0.05, 0) is 24.8 Å². The van der Waals surface area contributed by atoms with Crippen LogP contribution in [0.25, 0.3) is 0 Å². The molecule has 18 heavy (non-hydrogen) atoms. The molecule has 1 rings (SSSR count). The van der Waals surface area contributed by atoms with Gasteiger partial charge in [-0.2, -0.15) is 5.26 Å². The minimum atomic E-state index is -0.383. The lowest BCUT2D eigenvalue weighted by atomic mass is 9.96. The van der Waals surface area contributed by atoms with Crippen molar-refractivity contribution in [3.63, 3.8) is 0 Å². The van der Waals surface area contributed by atoms with E-state index in [1.54, 1.807) is 0 Å². The predicted molar refractivity (Wildman–Crippen MR) is 73.0 cm³/mol. The van der Waals surface area contributed by atoms with E-state index in [0.29, 0.717) is 6.42 Å². The highest BCUT2D eigenvalue weighted by atomic mass is 16.1. The molecule has 0 bridgehead atoms. The Hall–Kier alpha value is -1.62. The topological polar surface area (TPSA) is 40.9 Å². The summed E-state index contributed by atoms with van der Waals surface area (Å²) in [4.78, 5) is 11.4. The van der Waals surface area contributed by atoms with Crippen molar-refractivity contribution in [2.45, 2.75) is 45.4 Å². The van der Waals surface area contributed by atoms with Gasteiger partial charge in [0.05, 0.1) is 6.07 Å². The summed E-state index contributed by atoms with van der Waals surface area (Å²) in [6.45, 7) is 1.82. The van der Waals surface area contributed by atoms with Crippen molar-refractivity contribution in [2.75, 3.05) is 0 Å². The van der Waals surface area contributed by atoms with Gasteiger partial charge >= 0.3 is 0 Å². The Morgan fingerprint density at radius 2 is 1.94 bits per heavy atom. The van der Waals surface area contributed by atoms with Crippen LogP contribution in [0, 0.1) is 17.2 Å². The summed E-state index contributed by atoms with van der Waals surface area (Å²) in [6.07, 6.45) is 5.46. The molecule has 0 saturated carbocycles. The van der Waals surface area contributed by atoms with Gasteiger partial charge in [0, 0.05) is 6.42 Å². The van der Waals surface area contributed by atoms with Crippen LogP contribution < -0.4 is 0 Å². The summed E-state index contributed by atoms with van der Waals surface area (Å²) in [5, 5.41) is 8.89. The van der Waals surface area contributed by atoms with E-state index in [4.69, 9.17) is 5.26 Å². The lowest BCUT2D eigenvalue weighted by molar-refractivity contribution is -0.121. The number of rotatable bonds is 8. The fraction of sp³-hybridized carbons (Fsp3) is 0.500. The highest BCUT2D eigenvalue weighted by Crippen LogP contribution is 2.13. The van der Waals surface area contributed by atoms with E-state index in [2.05, 4.69) is 30.3 Å². The molecule has 0 saturated heterocycles. The van der Waals surface area contributed by atoms with Gasteiger partial charge in [0.1, 0.15) is 11.7 Å². The van der Waals surface area contributed by atoms with Gasteiger partial charge in [-0.25, -0.2) is 0 Å². The molecule has 0 aliphatic heterocycles. The van der Waals surface area contributed by atoms with Gasteiger partial charge in [0.25, 0.3) is 0 Å². The molecular formula is C16H21NO. The van der Waals surface area contributed by atoms with E-state index >= 15 is 0 Å². The summed E-state index contributed by atoms with van der Waals surface area (Å²) in [6, 6.07) is 12.5. The maximum Gasteiger partial charge on any atom is 0.149 e. The van der Waals surface area contributed by atoms with Crippen molar-refractivity contribution in [3.05, 3.63) is 35.9 Å². The van der Waals surface area contributed by atoms with Crippen LogP contribution in [-0.2, 0) is 11.2 Å². The molecule has 0 radical (unpaired) electrons. The molecule has 1 aromatic carbocycles. The number of hydrogen-bond donors (Lipinski definition) is 0. The molecule has 2 heteroatoms. The van der Waals surface area contributed by atoms with Crippen molar-refractivity contribution >= 4 is 5.78 Å². The quantitative estimate of drug-likeness (QED) is 0.649. The maximum absolute atomic E-state index is 11.4. The van der Waals surface area contributed by atoms with Crippen molar-refractivity contribution in [1.29, 1.82) is 5.26 Å². The normalized spacial score (nSPS) is 11.8. The molecule has 0 aromatic heterocycles. The Labute approximate surface area is 110 Å². The van der Waals surface area contributed by atoms with Gasteiger partial charge < -0.3 is 0 Å². The SMILES string of the molecule is CCC(=O)C(C#N)CCCCCc1ccccc1. The number of aryl methyl sites for hydroxylation is 1. The molecule has 96 valence electrons. The number of Topliss-reactive ketones (excluding diaryl/α,β-unsaturated/α-hetero) is 1. The highest BCUT2D eigenvalue weighted by molar-refractivity contribution is 5.82. The molecule has 0 spiro atoms. The minimum Gasteiger partial charge on any atom is -0.298 e. The van der Waals surface area contributed by atoms with Gasteiger partial charge in [-0.3, -0.25) is 4.79 Å². The molecule has 0 aliphatic rings. The summed E-state index contributed by atoms with van der Waals surface area (Å²) in [5.41, 5.74) is 1.36. The van der Waals surface area contributed by atoms with Crippen molar-refractivity contribution < 1.29 is 4.79 Å². The molecule has 0 aliphatic carbocycles. The average molecular weight is 243 g/mol. The highest BCUT2D eigenvalue weighted by Gasteiger charge is 2.14. The fourth-order valence-electron chi connectivity index (χ4n) is 2.04. The number of benzene rings is 1. The van der Waals surface area contributed by atoms with Crippen LogP contribution in [0.3, 0.4) is 0 Å². The Bertz CT molecular complexity index is 391. The molecule has 1 atom stereocenters. The number of nitrogens with zero attached hydrogens (tertiary/aromatic N) is 1. The van der Waals surface area contributed by atoms with Crippen LogP contribution >= 0.6 is 0 Å². The number of ketones is 1. The molecule has 0 fully saturated rings. The number of unbranched alkanes of at least 4 members (excludes halogenated alkanes) is 2. The number of hydrogen-bond acceptors (Lipinski definition) is 2. The van der Waals surface area contributed by atoms with Gasteiger partial charge in [-0.15, -0.1) is 0 Å². The first-order valence-electron chi connectivity index (χ1n) is 6.74. The van der Waals surface area contributed by atoms with Crippen LogP contribution in [0.1, 0.15) is 44.6 Å². The molecule has 1 aromatic rings. The van der Waals surface area contributed by atoms with E-state index in [1.807, 2.05) is 13.0 Å². The van der Waals surface area contributed by atoms with Gasteiger partial charge in [-0.1, -0.05) is 50.1 Å². The zero-order valence-corrected chi connectivity index (χ0v) is 11.1. The van der Waals surface area contributed by atoms with E-state index < -0.39 is 0 Å². The largest absolute Gasteiger partial charge is 0.298 e. The van der Waals surface area contributed by atoms with E-state index in [9.17, 15) is 4.79 Å². The van der Waals surface area contributed by atoms with Crippen molar-refractivity contribution in [3.8, 4) is 6.07 Å². The predicted octanol–water partition coefficient (Wildman–Crippen LogP) is 3.91. The molecular weight excluding hydrogens is 222 g/mol. The van der Waals surface area contributed by atoms with E-state index in [0.717, 1.165) is 32.1 Å². The third-order valence-corrected chi connectivity index (χ3v) is 3.19. The molecule has 0 N–H and O–H groups in total. The summed E-state index contributed by atoms with van der Waals surface area (Å²) in [7, 11) is 0. The van der Waals surface area contributed by atoms with E-state index in [1.165, 1.54) is 5.56 Å².